The van der Waals surface area contributed by atoms with E-state index in [-0.39, 0.29) is 18.7 Å². The highest BCUT2D eigenvalue weighted by Gasteiger charge is 2.18. The topological polar surface area (TPSA) is 30.5 Å². The summed E-state index contributed by atoms with van der Waals surface area (Å²) < 4.78 is 24.5. The number of halogens is 1. The molecule has 0 bridgehead atoms. The quantitative estimate of drug-likeness (QED) is 0.926. The molecule has 1 aliphatic rings. The molecule has 3 nitrogen and oxygen atoms in total. The van der Waals surface area contributed by atoms with Gasteiger partial charge in [0.1, 0.15) is 5.82 Å². The highest BCUT2D eigenvalue weighted by molar-refractivity contribution is 5.48. The number of ether oxygens (including phenoxy) is 2. The van der Waals surface area contributed by atoms with Gasteiger partial charge in [-0.15, -0.1) is 0 Å². The van der Waals surface area contributed by atoms with Gasteiger partial charge in [0.05, 0.1) is 0 Å². The number of benzene rings is 2. The maximum Gasteiger partial charge on any atom is 0.231 e. The second-order valence-corrected chi connectivity index (χ2v) is 4.78. The first kappa shape index (κ1) is 12.9. The van der Waals surface area contributed by atoms with Crippen molar-refractivity contribution in [3.05, 3.63) is 59.4 Å². The van der Waals surface area contributed by atoms with E-state index in [2.05, 4.69) is 5.32 Å². The number of fused-ring (bicyclic) bond motifs is 1. The first-order valence-corrected chi connectivity index (χ1v) is 6.61. The SMILES string of the molecule is C[C@@H](NCc1cccc2c1OCO2)c1ccccc1F. The van der Waals surface area contributed by atoms with Crippen LogP contribution in [0.5, 0.6) is 11.5 Å². The Balaban J connectivity index is 1.71. The molecule has 20 heavy (non-hydrogen) atoms. The fourth-order valence-corrected chi connectivity index (χ4v) is 2.33. The molecule has 4 heteroatoms. The number of rotatable bonds is 4. The molecule has 0 amide bonds. The van der Waals surface area contributed by atoms with Crippen molar-refractivity contribution in [1.29, 1.82) is 0 Å². The molecule has 3 rings (SSSR count). The lowest BCUT2D eigenvalue weighted by atomic mass is 10.1. The lowest BCUT2D eigenvalue weighted by Gasteiger charge is -2.15. The third-order valence-electron chi connectivity index (χ3n) is 3.45. The Kier molecular flexibility index (Phi) is 3.56. The highest BCUT2D eigenvalue weighted by atomic mass is 19.1. The van der Waals surface area contributed by atoms with Crippen molar-refractivity contribution in [3.63, 3.8) is 0 Å². The van der Waals surface area contributed by atoms with Gasteiger partial charge in [-0.2, -0.15) is 0 Å². The second kappa shape index (κ2) is 5.51. The zero-order chi connectivity index (χ0) is 13.9. The van der Waals surface area contributed by atoms with E-state index in [4.69, 9.17) is 9.47 Å². The minimum Gasteiger partial charge on any atom is -0.454 e. The summed E-state index contributed by atoms with van der Waals surface area (Å²) in [5.74, 6) is 1.36. The van der Waals surface area contributed by atoms with Crippen LogP contribution in [0.2, 0.25) is 0 Å². The average Bonchev–Trinajstić information content (AvgIpc) is 2.94. The molecule has 0 saturated heterocycles. The minimum atomic E-state index is -0.189. The van der Waals surface area contributed by atoms with Crippen LogP contribution in [0.15, 0.2) is 42.5 Å². The van der Waals surface area contributed by atoms with Crippen LogP contribution in [0.4, 0.5) is 4.39 Å². The molecule has 0 aliphatic carbocycles. The molecule has 104 valence electrons. The fourth-order valence-electron chi connectivity index (χ4n) is 2.33. The summed E-state index contributed by atoms with van der Waals surface area (Å²) in [5, 5.41) is 3.31. The zero-order valence-electron chi connectivity index (χ0n) is 11.2. The van der Waals surface area contributed by atoms with Crippen molar-refractivity contribution in [2.45, 2.75) is 19.5 Å². The van der Waals surface area contributed by atoms with Crippen LogP contribution in [0.1, 0.15) is 24.1 Å². The van der Waals surface area contributed by atoms with Crippen molar-refractivity contribution in [2.75, 3.05) is 6.79 Å². The maximum atomic E-state index is 13.7. The van der Waals surface area contributed by atoms with Crippen LogP contribution >= 0.6 is 0 Å². The van der Waals surface area contributed by atoms with Gasteiger partial charge in [-0.3, -0.25) is 0 Å². The molecule has 0 spiro atoms. The van der Waals surface area contributed by atoms with E-state index < -0.39 is 0 Å². The molecule has 0 fully saturated rings. The predicted octanol–water partition coefficient (Wildman–Crippen LogP) is 3.41. The molecule has 1 heterocycles. The van der Waals surface area contributed by atoms with Gasteiger partial charge in [0.25, 0.3) is 0 Å². The molecule has 2 aromatic rings. The van der Waals surface area contributed by atoms with Crippen LogP contribution in [0.25, 0.3) is 0 Å². The van der Waals surface area contributed by atoms with Gasteiger partial charge >= 0.3 is 0 Å². The first-order chi connectivity index (χ1) is 9.75. The maximum absolute atomic E-state index is 13.7. The molecule has 0 radical (unpaired) electrons. The Hall–Kier alpha value is -2.07. The third kappa shape index (κ3) is 2.47. The second-order valence-electron chi connectivity index (χ2n) is 4.78. The van der Waals surface area contributed by atoms with Crippen molar-refractivity contribution >= 4 is 0 Å². The Morgan fingerprint density at radius 2 is 2.00 bits per heavy atom. The Bertz CT molecular complexity index is 615. The van der Waals surface area contributed by atoms with Crippen LogP contribution in [-0.4, -0.2) is 6.79 Å². The summed E-state index contributed by atoms with van der Waals surface area (Å²) in [6, 6.07) is 12.5. The number of hydrogen-bond acceptors (Lipinski definition) is 3. The number of hydrogen-bond donors (Lipinski definition) is 1. The first-order valence-electron chi connectivity index (χ1n) is 6.61. The van der Waals surface area contributed by atoms with Crippen molar-refractivity contribution < 1.29 is 13.9 Å². The van der Waals surface area contributed by atoms with E-state index in [9.17, 15) is 4.39 Å². The fraction of sp³-hybridized carbons (Fsp3) is 0.250. The summed E-state index contributed by atoms with van der Waals surface area (Å²) in [7, 11) is 0. The van der Waals surface area contributed by atoms with Crippen molar-refractivity contribution in [2.24, 2.45) is 0 Å². The minimum absolute atomic E-state index is 0.0747. The molecule has 1 aliphatic heterocycles. The largest absolute Gasteiger partial charge is 0.454 e. The third-order valence-corrected chi connectivity index (χ3v) is 3.45. The normalized spacial score (nSPS) is 14.3. The molecule has 1 atom stereocenters. The van der Waals surface area contributed by atoms with Gasteiger partial charge in [0.2, 0.25) is 6.79 Å². The molecule has 2 aromatic carbocycles. The van der Waals surface area contributed by atoms with E-state index in [1.807, 2.05) is 31.2 Å². The predicted molar refractivity (Wildman–Crippen MR) is 74.2 cm³/mol. The molecule has 0 saturated carbocycles. The molecule has 0 aromatic heterocycles. The van der Waals surface area contributed by atoms with Gasteiger partial charge in [-0.1, -0.05) is 30.3 Å². The lowest BCUT2D eigenvalue weighted by Crippen LogP contribution is -2.19. The number of nitrogens with one attached hydrogen (secondary N) is 1. The van der Waals surface area contributed by atoms with E-state index in [1.165, 1.54) is 6.07 Å². The van der Waals surface area contributed by atoms with Gasteiger partial charge < -0.3 is 14.8 Å². The summed E-state index contributed by atoms with van der Waals surface area (Å²) in [6.45, 7) is 2.80. The van der Waals surface area contributed by atoms with E-state index in [1.54, 1.807) is 12.1 Å². The van der Waals surface area contributed by atoms with Gasteiger partial charge in [0.15, 0.2) is 11.5 Å². The zero-order valence-corrected chi connectivity index (χ0v) is 11.2. The van der Waals surface area contributed by atoms with Gasteiger partial charge in [0, 0.05) is 23.7 Å². The average molecular weight is 273 g/mol. The Morgan fingerprint density at radius 1 is 1.15 bits per heavy atom. The summed E-state index contributed by atoms with van der Waals surface area (Å²) in [5.41, 5.74) is 1.68. The van der Waals surface area contributed by atoms with Crippen LogP contribution < -0.4 is 14.8 Å². The Labute approximate surface area is 117 Å². The highest BCUT2D eigenvalue weighted by Crippen LogP contribution is 2.35. The summed E-state index contributed by atoms with van der Waals surface area (Å²) in [6.07, 6.45) is 0. The summed E-state index contributed by atoms with van der Waals surface area (Å²) >= 11 is 0. The van der Waals surface area contributed by atoms with E-state index in [0.29, 0.717) is 12.1 Å². The smallest absolute Gasteiger partial charge is 0.231 e. The lowest BCUT2D eigenvalue weighted by molar-refractivity contribution is 0.173. The Morgan fingerprint density at radius 3 is 2.85 bits per heavy atom. The van der Waals surface area contributed by atoms with Crippen LogP contribution in [-0.2, 0) is 6.54 Å². The molecular weight excluding hydrogens is 257 g/mol. The molecule has 1 N–H and O–H groups in total. The van der Waals surface area contributed by atoms with E-state index in [0.717, 1.165) is 17.1 Å². The van der Waals surface area contributed by atoms with Crippen molar-refractivity contribution in [1.82, 2.24) is 5.32 Å². The van der Waals surface area contributed by atoms with E-state index >= 15 is 0 Å². The van der Waals surface area contributed by atoms with Crippen molar-refractivity contribution in [3.8, 4) is 11.5 Å². The number of para-hydroxylation sites is 1. The molecule has 0 unspecified atom stereocenters. The van der Waals surface area contributed by atoms with Crippen LogP contribution in [0.3, 0.4) is 0 Å². The van der Waals surface area contributed by atoms with Gasteiger partial charge in [-0.05, 0) is 19.1 Å². The standard InChI is InChI=1S/C16H16FNO2/c1-11(13-6-2-3-7-14(13)17)18-9-12-5-4-8-15-16(12)20-10-19-15/h2-8,11,18H,9-10H2,1H3/t11-/m1/s1. The van der Waals surface area contributed by atoms with Gasteiger partial charge in [-0.25, -0.2) is 4.39 Å². The monoisotopic (exact) mass is 273 g/mol. The summed E-state index contributed by atoms with van der Waals surface area (Å²) in [4.78, 5) is 0. The molecular formula is C16H16FNO2. The van der Waals surface area contributed by atoms with Crippen LogP contribution in [0, 0.1) is 5.82 Å².